The third-order valence-electron chi connectivity index (χ3n) is 6.66. The molecule has 0 bridgehead atoms. The fourth-order valence-corrected chi connectivity index (χ4v) is 6.57. The number of pyridine rings is 1. The smallest absolute Gasteiger partial charge is 0.410 e. The second kappa shape index (κ2) is 8.73. The molecule has 0 spiro atoms. The van der Waals surface area contributed by atoms with Gasteiger partial charge in [-0.1, -0.05) is 0 Å². The fraction of sp³-hybridized carbons (Fsp3) is 0.500. The van der Waals surface area contributed by atoms with E-state index in [2.05, 4.69) is 20.9 Å². The summed E-state index contributed by atoms with van der Waals surface area (Å²) in [4.78, 5) is 30.0. The highest BCUT2D eigenvalue weighted by atomic mass is 32.2. The van der Waals surface area contributed by atoms with Gasteiger partial charge in [0.2, 0.25) is 10.0 Å². The zero-order chi connectivity index (χ0) is 24.2. The summed E-state index contributed by atoms with van der Waals surface area (Å²) in [6.07, 6.45) is 3.25. The lowest BCUT2D eigenvalue weighted by atomic mass is 10.2. The number of aromatic amines is 1. The van der Waals surface area contributed by atoms with E-state index in [-0.39, 0.29) is 12.2 Å². The van der Waals surface area contributed by atoms with E-state index in [9.17, 15) is 13.2 Å². The van der Waals surface area contributed by atoms with Crippen molar-refractivity contribution in [2.45, 2.75) is 19.1 Å². The summed E-state index contributed by atoms with van der Waals surface area (Å²) in [5, 5.41) is 1.83. The van der Waals surface area contributed by atoms with Gasteiger partial charge in [-0.2, -0.15) is 4.31 Å². The van der Waals surface area contributed by atoms with Crippen molar-refractivity contribution in [1.29, 1.82) is 0 Å². The number of amides is 1. The molecule has 0 atom stereocenters. The molecule has 0 radical (unpaired) electrons. The number of sulfonamides is 1. The van der Waals surface area contributed by atoms with Crippen LogP contribution in [0, 0.1) is 0 Å². The summed E-state index contributed by atoms with van der Waals surface area (Å²) < 4.78 is 35.9. The number of carbonyl (C=O) groups is 1. The molecule has 186 valence electrons. The van der Waals surface area contributed by atoms with Crippen molar-refractivity contribution >= 4 is 44.2 Å². The molecular weight excluding hydrogens is 492 g/mol. The number of H-pyrrole nitrogens is 1. The normalized spacial score (nSPS) is 19.6. The SMILES string of the molecule is CS(=O)(=O)N1CCc2nc(-c3cc4c(N5CCN(C(=O)OC6COC6)CC5)ccnc4[nH]3)sc2C1. The fourth-order valence-electron chi connectivity index (χ4n) is 4.60. The van der Waals surface area contributed by atoms with Gasteiger partial charge < -0.3 is 24.3 Å². The number of ether oxygens (including phenoxy) is 2. The van der Waals surface area contributed by atoms with Crippen molar-refractivity contribution in [1.82, 2.24) is 24.2 Å². The van der Waals surface area contributed by atoms with E-state index in [1.165, 1.54) is 21.9 Å². The van der Waals surface area contributed by atoms with Gasteiger partial charge in [-0.05, 0) is 12.1 Å². The quantitative estimate of drug-likeness (QED) is 0.554. The Morgan fingerprint density at radius 1 is 1.23 bits per heavy atom. The topological polar surface area (TPSA) is 121 Å². The number of hydrogen-bond donors (Lipinski definition) is 1. The van der Waals surface area contributed by atoms with E-state index in [0.717, 1.165) is 38.0 Å². The molecule has 0 aliphatic carbocycles. The number of hydrogen-bond acceptors (Lipinski definition) is 9. The molecule has 3 aromatic rings. The maximum atomic E-state index is 12.3. The number of carbonyl (C=O) groups excluding carboxylic acids is 1. The van der Waals surface area contributed by atoms with Crippen molar-refractivity contribution in [3.63, 3.8) is 0 Å². The van der Waals surface area contributed by atoms with Crippen LogP contribution in [0.3, 0.4) is 0 Å². The first-order chi connectivity index (χ1) is 16.8. The second-order valence-electron chi connectivity index (χ2n) is 9.03. The van der Waals surface area contributed by atoms with E-state index < -0.39 is 10.0 Å². The summed E-state index contributed by atoms with van der Waals surface area (Å²) in [6.45, 7) is 4.36. The molecule has 3 aromatic heterocycles. The third-order valence-corrected chi connectivity index (χ3v) is 9.02. The molecule has 13 heteroatoms. The Morgan fingerprint density at radius 3 is 2.74 bits per heavy atom. The van der Waals surface area contributed by atoms with Crippen molar-refractivity contribution in [3.05, 3.63) is 28.9 Å². The predicted molar refractivity (Wildman–Crippen MR) is 131 cm³/mol. The predicted octanol–water partition coefficient (Wildman–Crippen LogP) is 1.66. The number of nitrogens with one attached hydrogen (secondary N) is 1. The molecule has 0 aromatic carbocycles. The lowest BCUT2D eigenvalue weighted by molar-refractivity contribution is -0.104. The maximum absolute atomic E-state index is 12.3. The molecule has 0 unspecified atom stereocenters. The highest BCUT2D eigenvalue weighted by Gasteiger charge is 2.29. The summed E-state index contributed by atoms with van der Waals surface area (Å²) in [5.41, 5.74) is 3.67. The van der Waals surface area contributed by atoms with Gasteiger partial charge >= 0.3 is 6.09 Å². The van der Waals surface area contributed by atoms with Crippen LogP contribution >= 0.6 is 11.3 Å². The van der Waals surface area contributed by atoms with E-state index >= 15 is 0 Å². The number of nitrogens with zero attached hydrogens (tertiary/aromatic N) is 5. The Bertz CT molecular complexity index is 1370. The summed E-state index contributed by atoms with van der Waals surface area (Å²) >= 11 is 1.52. The van der Waals surface area contributed by atoms with Crippen LogP contribution in [0.2, 0.25) is 0 Å². The number of anilines is 1. The number of aromatic nitrogens is 3. The molecule has 6 rings (SSSR count). The third kappa shape index (κ3) is 4.37. The Balaban J connectivity index is 1.20. The van der Waals surface area contributed by atoms with Crippen molar-refractivity contribution in [2.75, 3.05) is 57.1 Å². The molecule has 1 amide bonds. The largest absolute Gasteiger partial charge is 0.441 e. The molecule has 11 nitrogen and oxygen atoms in total. The van der Waals surface area contributed by atoms with Gasteiger partial charge in [-0.25, -0.2) is 23.2 Å². The molecule has 6 heterocycles. The van der Waals surface area contributed by atoms with Gasteiger partial charge in [0.1, 0.15) is 10.7 Å². The monoisotopic (exact) mass is 518 g/mol. The molecule has 0 saturated carbocycles. The Kier molecular flexibility index (Phi) is 5.66. The van der Waals surface area contributed by atoms with E-state index in [1.807, 2.05) is 6.07 Å². The Hall–Kier alpha value is -2.74. The van der Waals surface area contributed by atoms with Crippen LogP contribution in [-0.4, -0.2) is 97.0 Å². The van der Waals surface area contributed by atoms with Crippen molar-refractivity contribution < 1.29 is 22.7 Å². The minimum Gasteiger partial charge on any atom is -0.441 e. The molecule has 2 fully saturated rings. The summed E-state index contributed by atoms with van der Waals surface area (Å²) in [5.74, 6) is 0. The second-order valence-corrected chi connectivity index (χ2v) is 12.1. The molecule has 2 saturated heterocycles. The minimum atomic E-state index is -3.23. The average molecular weight is 519 g/mol. The molecule has 35 heavy (non-hydrogen) atoms. The average Bonchev–Trinajstić information content (AvgIpc) is 3.44. The molecule has 1 N–H and O–H groups in total. The number of fused-ring (bicyclic) bond motifs is 2. The van der Waals surface area contributed by atoms with Crippen molar-refractivity contribution in [3.8, 4) is 10.7 Å². The first kappa shape index (κ1) is 22.7. The number of rotatable bonds is 4. The van der Waals surface area contributed by atoms with E-state index in [0.29, 0.717) is 58.9 Å². The first-order valence-corrected chi connectivity index (χ1v) is 14.2. The van der Waals surface area contributed by atoms with Crippen molar-refractivity contribution in [2.24, 2.45) is 0 Å². The zero-order valence-corrected chi connectivity index (χ0v) is 20.9. The number of piperazine rings is 1. The van der Waals surface area contributed by atoms with Crippen LogP contribution in [0.1, 0.15) is 10.6 Å². The van der Waals surface area contributed by atoms with Gasteiger partial charge in [0.05, 0.1) is 30.9 Å². The lowest BCUT2D eigenvalue weighted by Crippen LogP contribution is -2.51. The standard InChI is InChI=1S/C22H26N6O5S2/c1-35(30,31)28-5-3-16-19(11-28)34-21(25-16)17-10-15-18(2-4-23-20(15)24-17)26-6-8-27(9-7-26)22(29)33-14-12-32-13-14/h2,4,10,14H,3,5-9,11-13H2,1H3,(H,23,24). The minimum absolute atomic E-state index is 0.121. The zero-order valence-electron chi connectivity index (χ0n) is 19.3. The van der Waals surface area contributed by atoms with Gasteiger partial charge in [0, 0.05) is 67.8 Å². The van der Waals surface area contributed by atoms with Gasteiger partial charge in [-0.3, -0.25) is 0 Å². The van der Waals surface area contributed by atoms with E-state index in [1.54, 1.807) is 11.1 Å². The summed E-state index contributed by atoms with van der Waals surface area (Å²) in [6, 6.07) is 4.06. The van der Waals surface area contributed by atoms with Gasteiger partial charge in [-0.15, -0.1) is 11.3 Å². The van der Waals surface area contributed by atoms with Crippen LogP contribution in [-0.2, 0) is 32.5 Å². The lowest BCUT2D eigenvalue weighted by Gasteiger charge is -2.37. The molecule has 3 aliphatic rings. The van der Waals surface area contributed by atoms with Crippen LogP contribution in [0.15, 0.2) is 18.3 Å². The highest BCUT2D eigenvalue weighted by molar-refractivity contribution is 7.88. The van der Waals surface area contributed by atoms with Crippen LogP contribution in [0.5, 0.6) is 0 Å². The molecular formula is C22H26N6O5S2. The Labute approximate surface area is 206 Å². The maximum Gasteiger partial charge on any atom is 0.410 e. The summed E-state index contributed by atoms with van der Waals surface area (Å²) in [7, 11) is -3.23. The molecule has 3 aliphatic heterocycles. The first-order valence-electron chi connectivity index (χ1n) is 11.6. The van der Waals surface area contributed by atoms with Crippen LogP contribution < -0.4 is 4.90 Å². The highest BCUT2D eigenvalue weighted by Crippen LogP contribution is 2.35. The van der Waals surface area contributed by atoms with Gasteiger partial charge in [0.15, 0.2) is 6.10 Å². The van der Waals surface area contributed by atoms with Gasteiger partial charge in [0.25, 0.3) is 0 Å². The Morgan fingerprint density at radius 2 is 2.03 bits per heavy atom. The van der Waals surface area contributed by atoms with Crippen LogP contribution in [0.25, 0.3) is 21.7 Å². The number of thiazole rings is 1. The van der Waals surface area contributed by atoms with E-state index in [4.69, 9.17) is 14.5 Å². The van der Waals surface area contributed by atoms with Crippen LogP contribution in [0.4, 0.5) is 10.5 Å².